The van der Waals surface area contributed by atoms with Gasteiger partial charge in [0.25, 0.3) is 5.91 Å². The monoisotopic (exact) mass is 328 g/mol. The Hall–Kier alpha value is -3.02. The van der Waals surface area contributed by atoms with Crippen LogP contribution in [0.1, 0.15) is 21.5 Å². The molecule has 0 fully saturated rings. The minimum Gasteiger partial charge on any atom is -0.497 e. The lowest BCUT2D eigenvalue weighted by molar-refractivity contribution is 0.0955. The number of benzene rings is 2. The summed E-state index contributed by atoms with van der Waals surface area (Å²) in [5.74, 6) is 1.76. The summed E-state index contributed by atoms with van der Waals surface area (Å²) in [6, 6.07) is 10.4. The van der Waals surface area contributed by atoms with E-state index in [9.17, 15) is 4.79 Å². The Morgan fingerprint density at radius 3 is 2.29 bits per heavy atom. The predicted octanol–water partition coefficient (Wildman–Crippen LogP) is 2.78. The van der Waals surface area contributed by atoms with Gasteiger partial charge >= 0.3 is 0 Å². The number of carbonyl (C=O) groups excluding carboxylic acids is 1. The van der Waals surface area contributed by atoms with E-state index in [1.54, 1.807) is 45.6 Å². The molecule has 0 aromatic heterocycles. The second-order valence-electron chi connectivity index (χ2n) is 4.94. The van der Waals surface area contributed by atoms with Crippen molar-refractivity contribution < 1.29 is 19.0 Å². The predicted molar refractivity (Wildman–Crippen MR) is 92.3 cm³/mol. The van der Waals surface area contributed by atoms with Gasteiger partial charge in [-0.15, -0.1) is 0 Å². The van der Waals surface area contributed by atoms with Gasteiger partial charge in [-0.1, -0.05) is 0 Å². The van der Waals surface area contributed by atoms with Gasteiger partial charge in [-0.2, -0.15) is 5.10 Å². The molecule has 126 valence electrons. The lowest BCUT2D eigenvalue weighted by Crippen LogP contribution is -2.17. The highest BCUT2D eigenvalue weighted by Gasteiger charge is 2.10. The first-order chi connectivity index (χ1) is 11.6. The Morgan fingerprint density at radius 2 is 1.71 bits per heavy atom. The fourth-order valence-corrected chi connectivity index (χ4v) is 2.26. The maximum Gasteiger partial charge on any atom is 0.271 e. The van der Waals surface area contributed by atoms with Crippen molar-refractivity contribution in [2.24, 2.45) is 5.10 Å². The third kappa shape index (κ3) is 3.84. The van der Waals surface area contributed by atoms with Crippen molar-refractivity contribution in [3.63, 3.8) is 0 Å². The first kappa shape index (κ1) is 17.3. The number of hydrazone groups is 1. The largest absolute Gasteiger partial charge is 0.497 e. The summed E-state index contributed by atoms with van der Waals surface area (Å²) in [6.07, 6.45) is 1.53. The molecule has 24 heavy (non-hydrogen) atoms. The fraction of sp³-hybridized carbons (Fsp3) is 0.222. The van der Waals surface area contributed by atoms with Crippen molar-refractivity contribution in [1.82, 2.24) is 5.43 Å². The Morgan fingerprint density at radius 1 is 1.00 bits per heavy atom. The molecule has 2 rings (SSSR count). The molecule has 0 unspecified atom stereocenters. The molecule has 1 N–H and O–H groups in total. The molecule has 0 bridgehead atoms. The Bertz CT molecular complexity index is 739. The van der Waals surface area contributed by atoms with Crippen molar-refractivity contribution >= 4 is 12.1 Å². The zero-order chi connectivity index (χ0) is 17.5. The molecule has 0 aliphatic carbocycles. The minimum atomic E-state index is -0.307. The number of methoxy groups -OCH3 is 3. The van der Waals surface area contributed by atoms with E-state index in [1.807, 2.05) is 19.1 Å². The number of nitrogens with zero attached hydrogens (tertiary/aromatic N) is 1. The summed E-state index contributed by atoms with van der Waals surface area (Å²) in [7, 11) is 4.75. The van der Waals surface area contributed by atoms with E-state index in [2.05, 4.69) is 10.5 Å². The van der Waals surface area contributed by atoms with Crippen LogP contribution in [-0.2, 0) is 0 Å². The first-order valence-corrected chi connectivity index (χ1v) is 7.29. The second-order valence-corrected chi connectivity index (χ2v) is 4.94. The normalized spacial score (nSPS) is 10.5. The molecule has 2 aromatic rings. The number of carbonyl (C=O) groups is 1. The van der Waals surface area contributed by atoms with Crippen molar-refractivity contribution in [3.05, 3.63) is 53.1 Å². The van der Waals surface area contributed by atoms with Gasteiger partial charge in [-0.3, -0.25) is 4.79 Å². The summed E-state index contributed by atoms with van der Waals surface area (Å²) in [5.41, 5.74) is 4.59. The van der Waals surface area contributed by atoms with E-state index in [1.165, 1.54) is 6.21 Å². The zero-order valence-electron chi connectivity index (χ0n) is 14.1. The molecular weight excluding hydrogens is 308 g/mol. The quantitative estimate of drug-likeness (QED) is 0.654. The van der Waals surface area contributed by atoms with Crippen molar-refractivity contribution in [3.8, 4) is 17.2 Å². The standard InChI is InChI=1S/C18H20N2O4/c1-12-16(23-3)10-7-14(17(12)24-4)11-19-20-18(21)13-5-8-15(22-2)9-6-13/h5-11H,1-4H3,(H,20,21). The maximum absolute atomic E-state index is 12.0. The molecule has 1 amide bonds. The third-order valence-corrected chi connectivity index (χ3v) is 3.53. The lowest BCUT2D eigenvalue weighted by atomic mass is 10.1. The Balaban J connectivity index is 2.10. The van der Waals surface area contributed by atoms with Crippen LogP contribution >= 0.6 is 0 Å². The summed E-state index contributed by atoms with van der Waals surface area (Å²) < 4.78 is 15.7. The average Bonchev–Trinajstić information content (AvgIpc) is 2.62. The molecular formula is C18H20N2O4. The topological polar surface area (TPSA) is 69.2 Å². The van der Waals surface area contributed by atoms with Gasteiger partial charge in [-0.25, -0.2) is 5.43 Å². The first-order valence-electron chi connectivity index (χ1n) is 7.29. The minimum absolute atomic E-state index is 0.307. The Kier molecular flexibility index (Phi) is 5.78. The van der Waals surface area contributed by atoms with Gasteiger partial charge in [0.05, 0.1) is 27.5 Å². The van der Waals surface area contributed by atoms with Gasteiger partial charge in [0, 0.05) is 16.7 Å². The number of hydrogen-bond donors (Lipinski definition) is 1. The van der Waals surface area contributed by atoms with Crippen LogP contribution in [0.2, 0.25) is 0 Å². The van der Waals surface area contributed by atoms with Crippen molar-refractivity contribution in [2.75, 3.05) is 21.3 Å². The number of ether oxygens (including phenoxy) is 3. The SMILES string of the molecule is COc1ccc(C(=O)NN=Cc2ccc(OC)c(C)c2OC)cc1. The summed E-state index contributed by atoms with van der Waals surface area (Å²) in [4.78, 5) is 12.0. The third-order valence-electron chi connectivity index (χ3n) is 3.53. The van der Waals surface area contributed by atoms with Crippen LogP contribution in [0.25, 0.3) is 0 Å². The van der Waals surface area contributed by atoms with Gasteiger partial charge in [0.15, 0.2) is 0 Å². The maximum atomic E-state index is 12.0. The molecule has 2 aromatic carbocycles. The van der Waals surface area contributed by atoms with Gasteiger partial charge < -0.3 is 14.2 Å². The van der Waals surface area contributed by atoms with Crippen LogP contribution in [0.15, 0.2) is 41.5 Å². The molecule has 0 saturated heterocycles. The van der Waals surface area contributed by atoms with Crippen LogP contribution in [0, 0.1) is 6.92 Å². The molecule has 0 aliphatic heterocycles. The van der Waals surface area contributed by atoms with Gasteiger partial charge in [-0.05, 0) is 43.3 Å². The molecule has 0 heterocycles. The smallest absolute Gasteiger partial charge is 0.271 e. The number of amides is 1. The van der Waals surface area contributed by atoms with Gasteiger partial charge in [0.1, 0.15) is 17.2 Å². The van der Waals surface area contributed by atoms with Crippen LogP contribution in [-0.4, -0.2) is 33.5 Å². The highest BCUT2D eigenvalue weighted by atomic mass is 16.5. The molecule has 0 saturated carbocycles. The lowest BCUT2D eigenvalue weighted by Gasteiger charge is -2.11. The number of nitrogens with one attached hydrogen (secondary N) is 1. The van der Waals surface area contributed by atoms with Crippen LogP contribution in [0.3, 0.4) is 0 Å². The van der Waals surface area contributed by atoms with E-state index >= 15 is 0 Å². The molecule has 0 atom stereocenters. The fourth-order valence-electron chi connectivity index (χ4n) is 2.26. The zero-order valence-corrected chi connectivity index (χ0v) is 14.1. The van der Waals surface area contributed by atoms with Gasteiger partial charge in [0.2, 0.25) is 0 Å². The van der Waals surface area contributed by atoms with E-state index in [-0.39, 0.29) is 5.91 Å². The number of hydrogen-bond acceptors (Lipinski definition) is 5. The van der Waals surface area contributed by atoms with Crippen molar-refractivity contribution in [1.29, 1.82) is 0 Å². The van der Waals surface area contributed by atoms with E-state index in [0.29, 0.717) is 17.1 Å². The highest BCUT2D eigenvalue weighted by Crippen LogP contribution is 2.30. The van der Waals surface area contributed by atoms with Crippen molar-refractivity contribution in [2.45, 2.75) is 6.92 Å². The molecule has 0 aliphatic rings. The van der Waals surface area contributed by atoms with E-state index in [0.717, 1.165) is 16.9 Å². The molecule has 6 nitrogen and oxygen atoms in total. The molecule has 0 spiro atoms. The average molecular weight is 328 g/mol. The summed E-state index contributed by atoms with van der Waals surface area (Å²) in [5, 5.41) is 3.99. The van der Waals surface area contributed by atoms with Crippen LogP contribution < -0.4 is 19.6 Å². The Labute approximate surface area is 141 Å². The number of rotatable bonds is 6. The van der Waals surface area contributed by atoms with Crippen LogP contribution in [0.4, 0.5) is 0 Å². The highest BCUT2D eigenvalue weighted by molar-refractivity contribution is 5.95. The van der Waals surface area contributed by atoms with Crippen LogP contribution in [0.5, 0.6) is 17.2 Å². The molecule has 6 heteroatoms. The van der Waals surface area contributed by atoms with E-state index in [4.69, 9.17) is 14.2 Å². The summed E-state index contributed by atoms with van der Waals surface area (Å²) in [6.45, 7) is 1.89. The molecule has 0 radical (unpaired) electrons. The summed E-state index contributed by atoms with van der Waals surface area (Å²) >= 11 is 0. The van der Waals surface area contributed by atoms with E-state index < -0.39 is 0 Å². The second kappa shape index (κ2) is 8.01.